The summed E-state index contributed by atoms with van der Waals surface area (Å²) in [6.45, 7) is 4.67. The van der Waals surface area contributed by atoms with E-state index >= 15 is 0 Å². The zero-order chi connectivity index (χ0) is 13.4. The smallest absolute Gasteiger partial charge is 0.316 e. The topological polar surface area (TPSA) is 87.3 Å². The maximum absolute atomic E-state index is 11.2. The Morgan fingerprint density at radius 3 is 2.89 bits per heavy atom. The summed E-state index contributed by atoms with van der Waals surface area (Å²) in [7, 11) is 0. The zero-order valence-corrected chi connectivity index (χ0v) is 11.3. The lowest BCUT2D eigenvalue weighted by molar-refractivity contribution is -0.139. The predicted octanol–water partition coefficient (Wildman–Crippen LogP) is 1.50. The third-order valence-electron chi connectivity index (χ3n) is 1.89. The van der Waals surface area contributed by atoms with Crippen molar-refractivity contribution in [3.8, 4) is 5.88 Å². The van der Waals surface area contributed by atoms with Crippen LogP contribution < -0.4 is 10.5 Å². The van der Waals surface area contributed by atoms with Crippen molar-refractivity contribution in [1.29, 1.82) is 0 Å². The second-order valence-electron chi connectivity index (χ2n) is 3.34. The molecule has 7 heteroatoms. The van der Waals surface area contributed by atoms with Crippen LogP contribution in [0.25, 0.3) is 0 Å². The average molecular weight is 271 g/mol. The molecule has 2 N–H and O–H groups in total. The van der Waals surface area contributed by atoms with Gasteiger partial charge in [-0.25, -0.2) is 4.98 Å². The highest BCUT2D eigenvalue weighted by atomic mass is 32.2. The molecule has 0 aliphatic rings. The van der Waals surface area contributed by atoms with Crippen LogP contribution in [0.15, 0.2) is 11.4 Å². The van der Waals surface area contributed by atoms with Crippen molar-refractivity contribution in [2.45, 2.75) is 25.3 Å². The molecule has 0 atom stereocenters. The van der Waals surface area contributed by atoms with Crippen LogP contribution in [-0.2, 0) is 9.53 Å². The van der Waals surface area contributed by atoms with Crippen molar-refractivity contribution in [2.75, 3.05) is 24.7 Å². The zero-order valence-electron chi connectivity index (χ0n) is 10.5. The van der Waals surface area contributed by atoms with Crippen LogP contribution in [0.1, 0.15) is 20.3 Å². The van der Waals surface area contributed by atoms with E-state index in [9.17, 15) is 4.79 Å². The van der Waals surface area contributed by atoms with Gasteiger partial charge in [0.1, 0.15) is 17.0 Å². The number of anilines is 1. The quantitative estimate of drug-likeness (QED) is 0.457. The second kappa shape index (κ2) is 7.75. The number of nitrogens with two attached hydrogens (primary N) is 1. The molecule has 1 aromatic heterocycles. The molecule has 0 aliphatic heterocycles. The number of aromatic nitrogens is 2. The van der Waals surface area contributed by atoms with E-state index in [1.54, 1.807) is 6.92 Å². The first kappa shape index (κ1) is 14.6. The van der Waals surface area contributed by atoms with Crippen LogP contribution in [0.4, 0.5) is 5.69 Å². The summed E-state index contributed by atoms with van der Waals surface area (Å²) in [4.78, 5) is 19.2. The first-order chi connectivity index (χ1) is 8.69. The lowest BCUT2D eigenvalue weighted by Crippen LogP contribution is -2.08. The van der Waals surface area contributed by atoms with Crippen molar-refractivity contribution in [1.82, 2.24) is 9.97 Å². The van der Waals surface area contributed by atoms with Crippen LogP contribution in [0.2, 0.25) is 0 Å². The molecule has 0 spiro atoms. The minimum Gasteiger partial charge on any atom is -0.476 e. The van der Waals surface area contributed by atoms with Gasteiger partial charge in [-0.1, -0.05) is 18.7 Å². The number of nitrogen functional groups attached to an aromatic ring is 1. The molecule has 18 heavy (non-hydrogen) atoms. The molecule has 1 aromatic rings. The SMILES string of the molecule is CCCOc1ncnc(SCC(=O)OCC)c1N. The molecule has 1 rings (SSSR count). The first-order valence-electron chi connectivity index (χ1n) is 5.70. The fourth-order valence-corrected chi connectivity index (χ4v) is 1.83. The highest BCUT2D eigenvalue weighted by Crippen LogP contribution is 2.28. The molecule has 0 aliphatic carbocycles. The van der Waals surface area contributed by atoms with Crippen LogP contribution in [-0.4, -0.2) is 34.9 Å². The van der Waals surface area contributed by atoms with Crippen molar-refractivity contribution in [2.24, 2.45) is 0 Å². The molecular weight excluding hydrogens is 254 g/mol. The van der Waals surface area contributed by atoms with Gasteiger partial charge in [-0.15, -0.1) is 0 Å². The van der Waals surface area contributed by atoms with Crippen molar-refractivity contribution < 1.29 is 14.3 Å². The number of carbonyl (C=O) groups excluding carboxylic acids is 1. The number of nitrogens with zero attached hydrogens (tertiary/aromatic N) is 2. The molecule has 0 unspecified atom stereocenters. The van der Waals surface area contributed by atoms with Crippen molar-refractivity contribution in [3.63, 3.8) is 0 Å². The van der Waals surface area contributed by atoms with Gasteiger partial charge in [-0.3, -0.25) is 4.79 Å². The van der Waals surface area contributed by atoms with E-state index in [1.807, 2.05) is 6.92 Å². The number of hydrogen-bond acceptors (Lipinski definition) is 7. The predicted molar refractivity (Wildman–Crippen MR) is 69.6 cm³/mol. The van der Waals surface area contributed by atoms with E-state index in [0.29, 0.717) is 29.8 Å². The third-order valence-corrected chi connectivity index (χ3v) is 2.86. The Labute approximate surface area is 110 Å². The van der Waals surface area contributed by atoms with E-state index < -0.39 is 0 Å². The van der Waals surface area contributed by atoms with E-state index in [0.717, 1.165) is 6.42 Å². The van der Waals surface area contributed by atoms with Crippen LogP contribution in [0.5, 0.6) is 5.88 Å². The van der Waals surface area contributed by atoms with Gasteiger partial charge < -0.3 is 15.2 Å². The van der Waals surface area contributed by atoms with Gasteiger partial charge >= 0.3 is 5.97 Å². The fourth-order valence-electron chi connectivity index (χ4n) is 1.12. The summed E-state index contributed by atoms with van der Waals surface area (Å²) in [5, 5.41) is 0.532. The Morgan fingerprint density at radius 1 is 1.44 bits per heavy atom. The lowest BCUT2D eigenvalue weighted by atomic mass is 10.5. The van der Waals surface area contributed by atoms with E-state index in [1.165, 1.54) is 18.1 Å². The highest BCUT2D eigenvalue weighted by Gasteiger charge is 2.12. The Bertz CT molecular complexity index is 401. The van der Waals surface area contributed by atoms with Crippen LogP contribution in [0, 0.1) is 0 Å². The molecule has 0 saturated heterocycles. The number of hydrogen-bond donors (Lipinski definition) is 1. The molecule has 0 fully saturated rings. The Kier molecular flexibility index (Phi) is 6.27. The molecule has 1 heterocycles. The number of carbonyl (C=O) groups is 1. The van der Waals surface area contributed by atoms with Gasteiger partial charge in [0.25, 0.3) is 0 Å². The van der Waals surface area contributed by atoms with Crippen LogP contribution in [0.3, 0.4) is 0 Å². The minimum atomic E-state index is -0.295. The van der Waals surface area contributed by atoms with Crippen molar-refractivity contribution in [3.05, 3.63) is 6.33 Å². The Hall–Kier alpha value is -1.50. The Balaban J connectivity index is 2.62. The fraction of sp³-hybridized carbons (Fsp3) is 0.545. The number of thioether (sulfide) groups is 1. The second-order valence-corrected chi connectivity index (χ2v) is 4.30. The standard InChI is InChI=1S/C11H17N3O3S/c1-3-5-17-10-9(12)11(14-7-13-10)18-6-8(15)16-4-2/h7H,3-6,12H2,1-2H3. The van der Waals surface area contributed by atoms with E-state index in [-0.39, 0.29) is 11.7 Å². The van der Waals surface area contributed by atoms with Gasteiger partial charge in [0, 0.05) is 0 Å². The lowest BCUT2D eigenvalue weighted by Gasteiger charge is -2.09. The summed E-state index contributed by atoms with van der Waals surface area (Å²) in [6, 6.07) is 0. The van der Waals surface area contributed by atoms with Gasteiger partial charge in [-0.2, -0.15) is 4.98 Å². The van der Waals surface area contributed by atoms with E-state index in [4.69, 9.17) is 15.2 Å². The summed E-state index contributed by atoms with van der Waals surface area (Å²) < 4.78 is 10.2. The van der Waals surface area contributed by atoms with Gasteiger partial charge in [0.2, 0.25) is 5.88 Å². The first-order valence-corrected chi connectivity index (χ1v) is 6.69. The third kappa shape index (κ3) is 4.40. The average Bonchev–Trinajstić information content (AvgIpc) is 2.36. The highest BCUT2D eigenvalue weighted by molar-refractivity contribution is 8.00. The molecule has 0 saturated carbocycles. The molecule has 100 valence electrons. The molecule has 0 aromatic carbocycles. The van der Waals surface area contributed by atoms with Gasteiger partial charge in [0.05, 0.1) is 19.0 Å². The number of ether oxygens (including phenoxy) is 2. The largest absolute Gasteiger partial charge is 0.476 e. The number of esters is 1. The Morgan fingerprint density at radius 2 is 2.22 bits per heavy atom. The minimum absolute atomic E-state index is 0.169. The molecule has 0 radical (unpaired) electrons. The summed E-state index contributed by atoms with van der Waals surface area (Å²) in [6.07, 6.45) is 2.24. The van der Waals surface area contributed by atoms with E-state index in [2.05, 4.69) is 9.97 Å². The number of rotatable bonds is 7. The molecule has 0 bridgehead atoms. The summed E-state index contributed by atoms with van der Waals surface area (Å²) >= 11 is 1.21. The van der Waals surface area contributed by atoms with Gasteiger partial charge in [-0.05, 0) is 13.3 Å². The maximum atomic E-state index is 11.2. The maximum Gasteiger partial charge on any atom is 0.316 e. The normalized spacial score (nSPS) is 10.1. The molecule has 6 nitrogen and oxygen atoms in total. The molecule has 0 amide bonds. The van der Waals surface area contributed by atoms with Gasteiger partial charge in [0.15, 0.2) is 0 Å². The van der Waals surface area contributed by atoms with Crippen molar-refractivity contribution >= 4 is 23.4 Å². The summed E-state index contributed by atoms with van der Waals surface area (Å²) in [5.41, 5.74) is 6.22. The van der Waals surface area contributed by atoms with Crippen LogP contribution >= 0.6 is 11.8 Å². The summed E-state index contributed by atoms with van der Waals surface area (Å²) in [5.74, 6) is 0.234. The molecular formula is C11H17N3O3S. The monoisotopic (exact) mass is 271 g/mol.